The lowest BCUT2D eigenvalue weighted by atomic mass is 9.98. The summed E-state index contributed by atoms with van der Waals surface area (Å²) in [7, 11) is 1.49. The number of amides is 1. The highest BCUT2D eigenvalue weighted by Crippen LogP contribution is 2.43. The minimum Gasteiger partial charge on any atom is -0.507 e. The van der Waals surface area contributed by atoms with Crippen LogP contribution in [0.4, 0.5) is 0 Å². The van der Waals surface area contributed by atoms with Crippen LogP contribution < -0.4 is 4.74 Å². The molecule has 4 rings (SSSR count). The van der Waals surface area contributed by atoms with Crippen LogP contribution >= 0.6 is 34.5 Å². The number of nitrogens with zero attached hydrogens (tertiary/aromatic N) is 1. The molecule has 5 nitrogen and oxygen atoms in total. The Labute approximate surface area is 205 Å². The number of rotatable bonds is 6. The molecule has 0 radical (unpaired) electrons. The molecule has 0 aliphatic carbocycles. The fourth-order valence-electron chi connectivity index (χ4n) is 3.92. The maximum Gasteiger partial charge on any atom is 0.295 e. The first-order valence-electron chi connectivity index (χ1n) is 10.2. The molecule has 8 heteroatoms. The molecule has 33 heavy (non-hydrogen) atoms. The Balaban J connectivity index is 1.77. The van der Waals surface area contributed by atoms with Crippen LogP contribution in [0.1, 0.15) is 27.6 Å². The highest BCUT2D eigenvalue weighted by Gasteiger charge is 2.46. The Bertz CT molecular complexity index is 1250. The van der Waals surface area contributed by atoms with Crippen LogP contribution in [0, 0.1) is 6.92 Å². The summed E-state index contributed by atoms with van der Waals surface area (Å²) in [4.78, 5) is 28.6. The molecular formula is C25H21Cl2NO4S. The smallest absolute Gasteiger partial charge is 0.295 e. The second kappa shape index (κ2) is 9.59. The van der Waals surface area contributed by atoms with Crippen molar-refractivity contribution < 1.29 is 19.4 Å². The molecule has 1 fully saturated rings. The molecule has 1 aromatic heterocycles. The fraction of sp³-hybridized carbons (Fsp3) is 0.200. The van der Waals surface area contributed by atoms with E-state index in [9.17, 15) is 14.7 Å². The van der Waals surface area contributed by atoms with Gasteiger partial charge in [-0.1, -0.05) is 35.3 Å². The number of hydrogen-bond acceptors (Lipinski definition) is 5. The van der Waals surface area contributed by atoms with E-state index in [-0.39, 0.29) is 11.3 Å². The maximum absolute atomic E-state index is 13.1. The van der Waals surface area contributed by atoms with Crippen molar-refractivity contribution in [3.8, 4) is 5.75 Å². The maximum atomic E-state index is 13.1. The molecule has 0 saturated carbocycles. The van der Waals surface area contributed by atoms with Gasteiger partial charge >= 0.3 is 0 Å². The van der Waals surface area contributed by atoms with Gasteiger partial charge in [-0.15, -0.1) is 11.3 Å². The van der Waals surface area contributed by atoms with Crippen LogP contribution in [0.25, 0.3) is 5.76 Å². The van der Waals surface area contributed by atoms with Gasteiger partial charge in [0.05, 0.1) is 23.7 Å². The molecule has 0 bridgehead atoms. The normalized spacial score (nSPS) is 17.6. The first kappa shape index (κ1) is 23.4. The van der Waals surface area contributed by atoms with E-state index in [4.69, 9.17) is 27.9 Å². The number of ether oxygens (including phenoxy) is 1. The Morgan fingerprint density at radius 1 is 1.12 bits per heavy atom. The Hall–Kier alpha value is -2.80. The first-order valence-corrected chi connectivity index (χ1v) is 11.9. The Morgan fingerprint density at radius 3 is 2.45 bits per heavy atom. The molecule has 1 saturated heterocycles. The van der Waals surface area contributed by atoms with E-state index in [2.05, 4.69) is 0 Å². The lowest BCUT2D eigenvalue weighted by molar-refractivity contribution is -0.139. The molecule has 1 unspecified atom stereocenters. The zero-order valence-electron chi connectivity index (χ0n) is 18.0. The number of carbonyl (C=O) groups excluding carboxylic acids is 2. The zero-order chi connectivity index (χ0) is 23.7. The monoisotopic (exact) mass is 501 g/mol. The van der Waals surface area contributed by atoms with Crippen molar-refractivity contribution in [3.63, 3.8) is 0 Å². The fourth-order valence-corrected chi connectivity index (χ4v) is 5.35. The molecule has 1 atom stereocenters. The van der Waals surface area contributed by atoms with Crippen molar-refractivity contribution >= 4 is 52.0 Å². The zero-order valence-corrected chi connectivity index (χ0v) is 20.3. The van der Waals surface area contributed by atoms with Crippen LogP contribution in [0.2, 0.25) is 10.0 Å². The summed E-state index contributed by atoms with van der Waals surface area (Å²) < 4.78 is 5.17. The highest BCUT2D eigenvalue weighted by molar-refractivity contribution is 7.10. The average molecular weight is 502 g/mol. The largest absolute Gasteiger partial charge is 0.507 e. The van der Waals surface area contributed by atoms with Gasteiger partial charge < -0.3 is 14.7 Å². The highest BCUT2D eigenvalue weighted by atomic mass is 35.5. The summed E-state index contributed by atoms with van der Waals surface area (Å²) in [5, 5.41) is 14.0. The minimum atomic E-state index is -0.714. The van der Waals surface area contributed by atoms with Crippen molar-refractivity contribution in [2.45, 2.75) is 19.4 Å². The third-order valence-electron chi connectivity index (χ3n) is 5.67. The number of hydrogen-bond donors (Lipinski definition) is 1. The van der Waals surface area contributed by atoms with Gasteiger partial charge in [0, 0.05) is 22.0 Å². The molecule has 2 heterocycles. The van der Waals surface area contributed by atoms with Gasteiger partial charge in [0.1, 0.15) is 11.5 Å². The third-order valence-corrected chi connectivity index (χ3v) is 7.29. The number of likely N-dealkylation sites (tertiary alicyclic amines) is 1. The van der Waals surface area contributed by atoms with Crippen LogP contribution in [-0.4, -0.2) is 35.4 Å². The van der Waals surface area contributed by atoms with Gasteiger partial charge in [0.2, 0.25) is 0 Å². The number of methoxy groups -OCH3 is 1. The lowest BCUT2D eigenvalue weighted by Crippen LogP contribution is -2.31. The topological polar surface area (TPSA) is 66.8 Å². The van der Waals surface area contributed by atoms with E-state index in [1.807, 2.05) is 30.5 Å². The molecule has 1 aliphatic heterocycles. The van der Waals surface area contributed by atoms with Gasteiger partial charge in [-0.05, 0) is 66.2 Å². The van der Waals surface area contributed by atoms with Crippen LogP contribution in [-0.2, 0) is 16.0 Å². The first-order chi connectivity index (χ1) is 15.8. The van der Waals surface area contributed by atoms with Gasteiger partial charge in [-0.3, -0.25) is 9.59 Å². The van der Waals surface area contributed by atoms with E-state index >= 15 is 0 Å². The van der Waals surface area contributed by atoms with E-state index in [1.165, 1.54) is 29.4 Å². The number of aliphatic hydroxyl groups is 1. The number of halogens is 2. The van der Waals surface area contributed by atoms with Crippen molar-refractivity contribution in [2.24, 2.45) is 0 Å². The molecule has 1 N–H and O–H groups in total. The summed E-state index contributed by atoms with van der Waals surface area (Å²) in [6.07, 6.45) is 0.541. The van der Waals surface area contributed by atoms with Crippen LogP contribution in [0.5, 0.6) is 5.75 Å². The SMILES string of the molecule is COc1ccc(/C(O)=C2/C(=O)C(=O)N(CCc3ccc(Cl)cc3)C2c2sccc2C)cc1Cl. The van der Waals surface area contributed by atoms with Gasteiger partial charge in [0.15, 0.2) is 0 Å². The molecule has 2 aromatic carbocycles. The van der Waals surface area contributed by atoms with Crippen molar-refractivity contribution in [1.29, 1.82) is 0 Å². The molecule has 3 aromatic rings. The predicted molar refractivity (Wildman–Crippen MR) is 131 cm³/mol. The second-order valence-electron chi connectivity index (χ2n) is 7.69. The van der Waals surface area contributed by atoms with Crippen LogP contribution in [0.15, 0.2) is 59.5 Å². The summed E-state index contributed by atoms with van der Waals surface area (Å²) >= 11 is 13.7. The van der Waals surface area contributed by atoms with Crippen LogP contribution in [0.3, 0.4) is 0 Å². The summed E-state index contributed by atoms with van der Waals surface area (Å²) in [5.74, 6) is -1.16. The van der Waals surface area contributed by atoms with Gasteiger partial charge in [-0.25, -0.2) is 0 Å². The minimum absolute atomic E-state index is 0.0582. The number of aryl methyl sites for hydroxylation is 1. The molecular weight excluding hydrogens is 481 g/mol. The Morgan fingerprint density at radius 2 is 1.85 bits per heavy atom. The van der Waals surface area contributed by atoms with E-state index in [0.29, 0.717) is 34.3 Å². The lowest BCUT2D eigenvalue weighted by Gasteiger charge is -2.25. The quantitative estimate of drug-likeness (QED) is 0.254. The molecule has 1 amide bonds. The summed E-state index contributed by atoms with van der Waals surface area (Å²) in [5.41, 5.74) is 2.34. The number of thiophene rings is 1. The number of Topliss-reactive ketones (excluding diaryl/α,β-unsaturated/α-hetero) is 1. The second-order valence-corrected chi connectivity index (χ2v) is 9.48. The van der Waals surface area contributed by atoms with E-state index in [0.717, 1.165) is 16.0 Å². The molecule has 0 spiro atoms. The standard InChI is InChI=1S/C25H21Cl2NO4S/c1-14-10-12-33-24(14)21-20(22(29)16-5-8-19(32-2)18(27)13-16)23(30)25(31)28(21)11-9-15-3-6-17(26)7-4-15/h3-8,10,12-13,21,29H,9,11H2,1-2H3/b22-20-. The van der Waals surface area contributed by atoms with E-state index < -0.39 is 17.7 Å². The summed E-state index contributed by atoms with van der Waals surface area (Å²) in [6, 6.07) is 13.4. The molecule has 170 valence electrons. The number of ketones is 1. The van der Waals surface area contributed by atoms with Crippen molar-refractivity contribution in [2.75, 3.05) is 13.7 Å². The third kappa shape index (κ3) is 4.51. The average Bonchev–Trinajstić information content (AvgIpc) is 3.33. The van der Waals surface area contributed by atoms with Crippen molar-refractivity contribution in [1.82, 2.24) is 4.90 Å². The molecule has 1 aliphatic rings. The van der Waals surface area contributed by atoms with Gasteiger partial charge in [0.25, 0.3) is 11.7 Å². The van der Waals surface area contributed by atoms with Crippen molar-refractivity contribution in [3.05, 3.63) is 91.1 Å². The number of aliphatic hydroxyl groups excluding tert-OH is 1. The van der Waals surface area contributed by atoms with E-state index in [1.54, 1.807) is 24.3 Å². The Kier molecular flexibility index (Phi) is 6.79. The number of benzene rings is 2. The number of carbonyl (C=O) groups is 2. The predicted octanol–water partition coefficient (Wildman–Crippen LogP) is 6.04. The van der Waals surface area contributed by atoms with Gasteiger partial charge in [-0.2, -0.15) is 0 Å². The summed E-state index contributed by atoms with van der Waals surface area (Å²) in [6.45, 7) is 2.24.